The molecule has 0 aliphatic rings. The molecule has 1 N–H and O–H groups in total. The first-order valence-corrected chi connectivity index (χ1v) is 7.99. The highest BCUT2D eigenvalue weighted by Crippen LogP contribution is 2.23. The molecular weight excluding hydrogens is 350 g/mol. The van der Waals surface area contributed by atoms with E-state index in [0.717, 1.165) is 12.5 Å². The van der Waals surface area contributed by atoms with Gasteiger partial charge in [0.15, 0.2) is 23.3 Å². The van der Waals surface area contributed by atoms with Crippen molar-refractivity contribution >= 4 is 12.2 Å². The minimum absolute atomic E-state index is 0.212. The van der Waals surface area contributed by atoms with Gasteiger partial charge in [0.2, 0.25) is 0 Å². The molecule has 0 aliphatic carbocycles. The number of aryl methyl sites for hydroxylation is 1. The standard InChI is InChI=1S/C19H17F4NO2/c1-11-15(20)17(22)14(18(23)16(11)21)19(26)24-13(10-25)9-5-8-12-6-3-2-4-7-12/h2-4,6-7,10,13H,5,8-9H2,1H3,(H,24,26)/t13-/m1/s1. The van der Waals surface area contributed by atoms with Crippen molar-refractivity contribution in [1.82, 2.24) is 5.32 Å². The van der Waals surface area contributed by atoms with E-state index in [1.165, 1.54) is 0 Å². The molecule has 0 radical (unpaired) electrons. The van der Waals surface area contributed by atoms with Gasteiger partial charge in [-0.05, 0) is 31.7 Å². The van der Waals surface area contributed by atoms with Gasteiger partial charge in [0.05, 0.1) is 6.04 Å². The molecule has 2 aromatic rings. The number of rotatable bonds is 7. The summed E-state index contributed by atoms with van der Waals surface area (Å²) in [6, 6.07) is 8.35. The predicted octanol–water partition coefficient (Wildman–Crippen LogP) is 3.87. The van der Waals surface area contributed by atoms with Crippen LogP contribution in [0, 0.1) is 30.2 Å². The molecule has 0 bridgehead atoms. The van der Waals surface area contributed by atoms with Gasteiger partial charge in [-0.2, -0.15) is 0 Å². The summed E-state index contributed by atoms with van der Waals surface area (Å²) in [6.07, 6.45) is 1.79. The largest absolute Gasteiger partial charge is 0.342 e. The van der Waals surface area contributed by atoms with E-state index in [2.05, 4.69) is 5.32 Å². The first-order chi connectivity index (χ1) is 12.4. The molecule has 0 heterocycles. The maximum absolute atomic E-state index is 13.9. The molecule has 138 valence electrons. The van der Waals surface area contributed by atoms with Gasteiger partial charge < -0.3 is 10.1 Å². The van der Waals surface area contributed by atoms with Gasteiger partial charge in [0, 0.05) is 5.56 Å². The van der Waals surface area contributed by atoms with Crippen molar-refractivity contribution < 1.29 is 27.2 Å². The van der Waals surface area contributed by atoms with Crippen LogP contribution in [0.1, 0.15) is 34.3 Å². The van der Waals surface area contributed by atoms with Gasteiger partial charge in [-0.25, -0.2) is 17.6 Å². The first kappa shape index (κ1) is 19.6. The van der Waals surface area contributed by atoms with Crippen LogP contribution in [0.25, 0.3) is 0 Å². The summed E-state index contributed by atoms with van der Waals surface area (Å²) in [5, 5.41) is 2.10. The predicted molar refractivity (Wildman–Crippen MR) is 87.7 cm³/mol. The summed E-state index contributed by atoms with van der Waals surface area (Å²) >= 11 is 0. The van der Waals surface area contributed by atoms with Crippen molar-refractivity contribution in [3.05, 3.63) is 70.3 Å². The van der Waals surface area contributed by atoms with Crippen LogP contribution in [0.5, 0.6) is 0 Å². The van der Waals surface area contributed by atoms with Gasteiger partial charge in [-0.1, -0.05) is 30.3 Å². The second-order valence-electron chi connectivity index (χ2n) is 5.85. The number of carbonyl (C=O) groups excluding carboxylic acids is 2. The van der Waals surface area contributed by atoms with Crippen LogP contribution in [0.2, 0.25) is 0 Å². The fourth-order valence-electron chi connectivity index (χ4n) is 2.53. The molecule has 0 aromatic heterocycles. The number of carbonyl (C=O) groups is 2. The van der Waals surface area contributed by atoms with Crippen molar-refractivity contribution in [2.24, 2.45) is 0 Å². The zero-order valence-corrected chi connectivity index (χ0v) is 14.0. The quantitative estimate of drug-likeness (QED) is 0.459. The molecule has 26 heavy (non-hydrogen) atoms. The van der Waals surface area contributed by atoms with Gasteiger partial charge in [-0.15, -0.1) is 0 Å². The summed E-state index contributed by atoms with van der Waals surface area (Å²) in [5.74, 6) is -8.23. The Balaban J connectivity index is 2.06. The Hall–Kier alpha value is -2.70. The van der Waals surface area contributed by atoms with Crippen LogP contribution in [0.4, 0.5) is 17.6 Å². The smallest absolute Gasteiger partial charge is 0.258 e. The number of benzene rings is 2. The Bertz CT molecular complexity index is 780. The SMILES string of the molecule is Cc1c(F)c(F)c(C(=O)N[C@@H](C=O)CCCc2ccccc2)c(F)c1F. The van der Waals surface area contributed by atoms with Crippen LogP contribution in [-0.4, -0.2) is 18.2 Å². The molecule has 2 rings (SSSR count). The van der Waals surface area contributed by atoms with Crippen LogP contribution in [-0.2, 0) is 11.2 Å². The Morgan fingerprint density at radius 1 is 1.04 bits per heavy atom. The zero-order valence-electron chi connectivity index (χ0n) is 14.0. The van der Waals surface area contributed by atoms with Crippen molar-refractivity contribution in [1.29, 1.82) is 0 Å². The molecule has 1 atom stereocenters. The summed E-state index contributed by atoms with van der Waals surface area (Å²) in [5.41, 5.74) is -1.20. The van der Waals surface area contributed by atoms with Gasteiger partial charge in [0.1, 0.15) is 11.8 Å². The normalized spacial score (nSPS) is 11.9. The number of nitrogens with one attached hydrogen (secondary N) is 1. The molecule has 0 fully saturated rings. The second-order valence-corrected chi connectivity index (χ2v) is 5.85. The van der Waals surface area contributed by atoms with E-state index in [1.807, 2.05) is 30.3 Å². The molecule has 1 amide bonds. The fraction of sp³-hybridized carbons (Fsp3) is 0.263. The Morgan fingerprint density at radius 2 is 1.62 bits per heavy atom. The molecule has 7 heteroatoms. The minimum atomic E-state index is -1.78. The Labute approximate surface area is 148 Å². The summed E-state index contributed by atoms with van der Waals surface area (Å²) in [6.45, 7) is 0.857. The zero-order chi connectivity index (χ0) is 19.3. The van der Waals surface area contributed by atoms with Crippen molar-refractivity contribution in [2.75, 3.05) is 0 Å². The Kier molecular flexibility index (Phi) is 6.49. The lowest BCUT2D eigenvalue weighted by Gasteiger charge is -2.14. The van der Waals surface area contributed by atoms with E-state index in [1.54, 1.807) is 0 Å². The van der Waals surface area contributed by atoms with Gasteiger partial charge in [0.25, 0.3) is 5.91 Å². The van der Waals surface area contributed by atoms with Gasteiger partial charge in [-0.3, -0.25) is 4.79 Å². The van der Waals surface area contributed by atoms with Crippen LogP contribution in [0.15, 0.2) is 30.3 Å². The minimum Gasteiger partial charge on any atom is -0.342 e. The molecule has 2 aromatic carbocycles. The molecule has 0 aliphatic heterocycles. The molecular formula is C19H17F4NO2. The molecule has 0 saturated heterocycles. The highest BCUT2D eigenvalue weighted by molar-refractivity contribution is 5.96. The number of aldehydes is 1. The topological polar surface area (TPSA) is 46.2 Å². The maximum atomic E-state index is 13.9. The van der Waals surface area contributed by atoms with Crippen LogP contribution in [0.3, 0.4) is 0 Å². The number of amides is 1. The summed E-state index contributed by atoms with van der Waals surface area (Å²) in [7, 11) is 0. The fourth-order valence-corrected chi connectivity index (χ4v) is 2.53. The Morgan fingerprint density at radius 3 is 2.15 bits per heavy atom. The average Bonchev–Trinajstić information content (AvgIpc) is 2.65. The number of hydrogen-bond acceptors (Lipinski definition) is 2. The lowest BCUT2D eigenvalue weighted by molar-refractivity contribution is -0.109. The number of hydrogen-bond donors (Lipinski definition) is 1. The van der Waals surface area contributed by atoms with Crippen molar-refractivity contribution in [2.45, 2.75) is 32.2 Å². The van der Waals surface area contributed by atoms with E-state index in [-0.39, 0.29) is 6.42 Å². The van der Waals surface area contributed by atoms with Crippen molar-refractivity contribution in [3.63, 3.8) is 0 Å². The molecule has 0 saturated carbocycles. The average molecular weight is 367 g/mol. The molecule has 3 nitrogen and oxygen atoms in total. The third-order valence-electron chi connectivity index (χ3n) is 4.01. The van der Waals surface area contributed by atoms with E-state index in [4.69, 9.17) is 0 Å². The lowest BCUT2D eigenvalue weighted by atomic mass is 10.0. The van der Waals surface area contributed by atoms with E-state index in [9.17, 15) is 27.2 Å². The third-order valence-corrected chi connectivity index (χ3v) is 4.01. The molecule has 0 spiro atoms. The lowest BCUT2D eigenvalue weighted by Crippen LogP contribution is -2.37. The molecule has 0 unspecified atom stereocenters. The highest BCUT2D eigenvalue weighted by Gasteiger charge is 2.28. The van der Waals surface area contributed by atoms with E-state index >= 15 is 0 Å². The summed E-state index contributed by atoms with van der Waals surface area (Å²) < 4.78 is 54.8. The number of halogens is 4. The monoisotopic (exact) mass is 367 g/mol. The third kappa shape index (κ3) is 4.28. The van der Waals surface area contributed by atoms with Crippen LogP contribution >= 0.6 is 0 Å². The van der Waals surface area contributed by atoms with Crippen LogP contribution < -0.4 is 5.32 Å². The highest BCUT2D eigenvalue weighted by atomic mass is 19.2. The first-order valence-electron chi connectivity index (χ1n) is 7.99. The van der Waals surface area contributed by atoms with Gasteiger partial charge >= 0.3 is 0 Å². The van der Waals surface area contributed by atoms with E-state index < -0.39 is 46.3 Å². The maximum Gasteiger partial charge on any atom is 0.258 e. The van der Waals surface area contributed by atoms with Crippen molar-refractivity contribution in [3.8, 4) is 0 Å². The van der Waals surface area contributed by atoms with E-state index in [0.29, 0.717) is 19.1 Å². The second kappa shape index (κ2) is 8.60. The summed E-state index contributed by atoms with van der Waals surface area (Å²) in [4.78, 5) is 23.1.